The van der Waals surface area contributed by atoms with Crippen molar-refractivity contribution in [3.63, 3.8) is 0 Å². The summed E-state index contributed by atoms with van der Waals surface area (Å²) in [4.78, 5) is 12.7. The number of hydrogen-bond donors (Lipinski definition) is 2. The van der Waals surface area contributed by atoms with Crippen molar-refractivity contribution in [2.24, 2.45) is 5.73 Å². The number of rotatable bonds is 3. The van der Waals surface area contributed by atoms with Gasteiger partial charge in [-0.15, -0.1) is 0 Å². The van der Waals surface area contributed by atoms with E-state index in [-0.39, 0.29) is 12.5 Å². The van der Waals surface area contributed by atoms with Crippen molar-refractivity contribution in [1.29, 1.82) is 0 Å². The van der Waals surface area contributed by atoms with Crippen LogP contribution in [0, 0.1) is 0 Å². The zero-order chi connectivity index (χ0) is 8.27. The molecule has 0 aromatic carbocycles. The average Bonchev–Trinajstić information content (AvgIpc) is 2.37. The fourth-order valence-electron chi connectivity index (χ4n) is 1.23. The molecule has 0 spiro atoms. The Balaban J connectivity index is 2.30. The SMILES string of the molecule is NC[C@@H](O)CN1CCCC1=O. The van der Waals surface area contributed by atoms with Crippen molar-refractivity contribution >= 4 is 5.91 Å². The monoisotopic (exact) mass is 158 g/mol. The number of hydrogen-bond acceptors (Lipinski definition) is 3. The van der Waals surface area contributed by atoms with Gasteiger partial charge in [0, 0.05) is 26.1 Å². The quantitative estimate of drug-likeness (QED) is 0.549. The third kappa shape index (κ3) is 2.17. The molecule has 0 bridgehead atoms. The first-order valence-corrected chi connectivity index (χ1v) is 3.90. The molecule has 1 aliphatic rings. The minimum absolute atomic E-state index is 0.137. The zero-order valence-corrected chi connectivity index (χ0v) is 6.49. The van der Waals surface area contributed by atoms with Gasteiger partial charge in [0.15, 0.2) is 0 Å². The highest BCUT2D eigenvalue weighted by molar-refractivity contribution is 5.78. The molecule has 4 nitrogen and oxygen atoms in total. The summed E-state index contributed by atoms with van der Waals surface area (Å²) < 4.78 is 0. The Hall–Kier alpha value is -0.610. The standard InChI is InChI=1S/C7H14N2O2/c8-4-6(10)5-9-3-1-2-7(9)11/h6,10H,1-5,8H2/t6-/m1/s1. The normalized spacial score (nSPS) is 20.9. The average molecular weight is 158 g/mol. The number of aliphatic hydroxyl groups is 1. The summed E-state index contributed by atoms with van der Waals surface area (Å²) in [6.45, 7) is 1.40. The molecule has 1 rings (SSSR count). The number of β-amino-alcohol motifs (C(OH)–C–C–N with tert-alkyl or cyclic N) is 1. The maximum Gasteiger partial charge on any atom is 0.222 e. The Kier molecular flexibility index (Phi) is 2.84. The lowest BCUT2D eigenvalue weighted by Crippen LogP contribution is -2.37. The van der Waals surface area contributed by atoms with Crippen molar-refractivity contribution in [2.45, 2.75) is 18.9 Å². The first-order chi connectivity index (χ1) is 5.24. The number of amides is 1. The highest BCUT2D eigenvalue weighted by atomic mass is 16.3. The van der Waals surface area contributed by atoms with Gasteiger partial charge in [-0.05, 0) is 6.42 Å². The van der Waals surface area contributed by atoms with Crippen LogP contribution in [0.25, 0.3) is 0 Å². The molecule has 4 heteroatoms. The van der Waals surface area contributed by atoms with Crippen LogP contribution in [0.4, 0.5) is 0 Å². The zero-order valence-electron chi connectivity index (χ0n) is 6.49. The molecule has 1 amide bonds. The first-order valence-electron chi connectivity index (χ1n) is 3.90. The lowest BCUT2D eigenvalue weighted by atomic mass is 10.3. The Morgan fingerprint density at radius 1 is 1.73 bits per heavy atom. The van der Waals surface area contributed by atoms with Crippen molar-refractivity contribution in [3.05, 3.63) is 0 Å². The van der Waals surface area contributed by atoms with Crippen LogP contribution in [-0.4, -0.2) is 41.7 Å². The second-order valence-corrected chi connectivity index (χ2v) is 2.83. The number of carbonyl (C=O) groups excluding carboxylic acids is 1. The lowest BCUT2D eigenvalue weighted by Gasteiger charge is -2.18. The van der Waals surface area contributed by atoms with E-state index in [9.17, 15) is 4.79 Å². The van der Waals surface area contributed by atoms with E-state index in [2.05, 4.69) is 0 Å². The molecule has 0 unspecified atom stereocenters. The Labute approximate surface area is 66.0 Å². The minimum atomic E-state index is -0.558. The molecule has 1 fully saturated rings. The third-order valence-corrected chi connectivity index (χ3v) is 1.87. The van der Waals surface area contributed by atoms with E-state index < -0.39 is 6.10 Å². The molecule has 0 aromatic rings. The van der Waals surface area contributed by atoms with E-state index in [1.54, 1.807) is 4.90 Å². The summed E-state index contributed by atoms with van der Waals surface area (Å²) in [7, 11) is 0. The molecule has 3 N–H and O–H groups in total. The van der Waals surface area contributed by atoms with Gasteiger partial charge in [-0.1, -0.05) is 0 Å². The first kappa shape index (κ1) is 8.49. The van der Waals surface area contributed by atoms with E-state index >= 15 is 0 Å². The predicted octanol–water partition coefficient (Wildman–Crippen LogP) is -1.07. The highest BCUT2D eigenvalue weighted by Gasteiger charge is 2.21. The molecular weight excluding hydrogens is 144 g/mol. The molecule has 0 aromatic heterocycles. The van der Waals surface area contributed by atoms with Crippen molar-refractivity contribution in [1.82, 2.24) is 4.90 Å². The van der Waals surface area contributed by atoms with E-state index in [0.29, 0.717) is 13.0 Å². The van der Waals surface area contributed by atoms with Gasteiger partial charge in [0.25, 0.3) is 0 Å². The molecular formula is C7H14N2O2. The number of nitrogens with zero attached hydrogens (tertiary/aromatic N) is 1. The van der Waals surface area contributed by atoms with Gasteiger partial charge in [-0.25, -0.2) is 0 Å². The number of nitrogens with two attached hydrogens (primary N) is 1. The molecule has 1 saturated heterocycles. The van der Waals surface area contributed by atoms with E-state index in [4.69, 9.17) is 10.8 Å². The highest BCUT2D eigenvalue weighted by Crippen LogP contribution is 2.09. The third-order valence-electron chi connectivity index (χ3n) is 1.87. The van der Waals surface area contributed by atoms with Gasteiger partial charge in [-0.2, -0.15) is 0 Å². The molecule has 1 aliphatic heterocycles. The fourth-order valence-corrected chi connectivity index (χ4v) is 1.23. The van der Waals surface area contributed by atoms with Gasteiger partial charge in [0.2, 0.25) is 5.91 Å². The summed E-state index contributed by atoms with van der Waals surface area (Å²) in [5.74, 6) is 0.137. The summed E-state index contributed by atoms with van der Waals surface area (Å²) in [5, 5.41) is 9.12. The van der Waals surface area contributed by atoms with Crippen LogP contribution < -0.4 is 5.73 Å². The van der Waals surface area contributed by atoms with Crippen LogP contribution in [0.2, 0.25) is 0 Å². The maximum atomic E-state index is 11.0. The molecule has 64 valence electrons. The topological polar surface area (TPSA) is 66.6 Å². The van der Waals surface area contributed by atoms with E-state index in [1.165, 1.54) is 0 Å². The van der Waals surface area contributed by atoms with Crippen LogP contribution in [0.3, 0.4) is 0 Å². The second-order valence-electron chi connectivity index (χ2n) is 2.83. The molecule has 1 heterocycles. The van der Waals surface area contributed by atoms with Gasteiger partial charge < -0.3 is 15.7 Å². The van der Waals surface area contributed by atoms with Crippen LogP contribution >= 0.6 is 0 Å². The summed E-state index contributed by atoms with van der Waals surface area (Å²) in [5.41, 5.74) is 5.21. The summed E-state index contributed by atoms with van der Waals surface area (Å²) in [6, 6.07) is 0. The van der Waals surface area contributed by atoms with Crippen LogP contribution in [0.15, 0.2) is 0 Å². The minimum Gasteiger partial charge on any atom is -0.390 e. The number of carbonyl (C=O) groups is 1. The number of aliphatic hydroxyl groups excluding tert-OH is 1. The van der Waals surface area contributed by atoms with Crippen molar-refractivity contribution in [2.75, 3.05) is 19.6 Å². The lowest BCUT2D eigenvalue weighted by molar-refractivity contribution is -0.128. The van der Waals surface area contributed by atoms with Gasteiger partial charge in [-0.3, -0.25) is 4.79 Å². The maximum absolute atomic E-state index is 11.0. The molecule has 0 aliphatic carbocycles. The Morgan fingerprint density at radius 2 is 2.45 bits per heavy atom. The van der Waals surface area contributed by atoms with Crippen LogP contribution in [0.1, 0.15) is 12.8 Å². The molecule has 11 heavy (non-hydrogen) atoms. The van der Waals surface area contributed by atoms with Crippen LogP contribution in [0.5, 0.6) is 0 Å². The van der Waals surface area contributed by atoms with Crippen molar-refractivity contribution in [3.8, 4) is 0 Å². The van der Waals surface area contributed by atoms with E-state index in [1.807, 2.05) is 0 Å². The van der Waals surface area contributed by atoms with E-state index in [0.717, 1.165) is 13.0 Å². The fraction of sp³-hybridized carbons (Fsp3) is 0.857. The summed E-state index contributed by atoms with van der Waals surface area (Å²) in [6.07, 6.45) is 0.977. The molecule has 0 saturated carbocycles. The number of likely N-dealkylation sites (tertiary alicyclic amines) is 1. The Morgan fingerprint density at radius 3 is 2.91 bits per heavy atom. The largest absolute Gasteiger partial charge is 0.390 e. The molecule has 1 atom stereocenters. The smallest absolute Gasteiger partial charge is 0.222 e. The Bertz CT molecular complexity index is 149. The second kappa shape index (κ2) is 3.69. The van der Waals surface area contributed by atoms with Crippen LogP contribution in [-0.2, 0) is 4.79 Å². The molecule has 0 radical (unpaired) electrons. The van der Waals surface area contributed by atoms with Gasteiger partial charge in [0.05, 0.1) is 6.10 Å². The van der Waals surface area contributed by atoms with Gasteiger partial charge in [0.1, 0.15) is 0 Å². The predicted molar refractivity (Wildman–Crippen MR) is 40.9 cm³/mol. The van der Waals surface area contributed by atoms with Gasteiger partial charge >= 0.3 is 0 Å². The van der Waals surface area contributed by atoms with Crippen molar-refractivity contribution < 1.29 is 9.90 Å². The summed E-state index contributed by atoms with van der Waals surface area (Å²) >= 11 is 0.